The third-order valence-corrected chi connectivity index (χ3v) is 2.07. The summed E-state index contributed by atoms with van der Waals surface area (Å²) in [5.74, 6) is -0.923. The molecule has 3 nitrogen and oxygen atoms in total. The van der Waals surface area contributed by atoms with E-state index in [1.54, 1.807) is 24.4 Å². The average molecular weight is 199 g/mol. The summed E-state index contributed by atoms with van der Waals surface area (Å²) < 4.78 is 0. The highest BCUT2D eigenvalue weighted by Gasteiger charge is 2.05. The Kier molecular flexibility index (Phi) is 2.46. The second-order valence-electron chi connectivity index (χ2n) is 3.10. The van der Waals surface area contributed by atoms with E-state index in [4.69, 9.17) is 5.11 Å². The maximum atomic E-state index is 10.8. The van der Waals surface area contributed by atoms with Gasteiger partial charge in [0.15, 0.2) is 0 Å². The molecule has 74 valence electrons. The first kappa shape index (κ1) is 9.40. The summed E-state index contributed by atoms with van der Waals surface area (Å²) in [4.78, 5) is 15.0. The van der Waals surface area contributed by atoms with E-state index in [-0.39, 0.29) is 5.56 Å². The van der Waals surface area contributed by atoms with Crippen molar-refractivity contribution >= 4 is 23.9 Å². The number of fused-ring (bicyclic) bond motifs is 1. The van der Waals surface area contributed by atoms with E-state index in [1.165, 1.54) is 0 Å². The predicted octanol–water partition coefficient (Wildman–Crippen LogP) is 2.67. The number of allylic oxidation sites excluding steroid dienone is 3. The number of carbonyl (C=O) groups is 1. The fourth-order valence-corrected chi connectivity index (χ4v) is 1.34. The van der Waals surface area contributed by atoms with Crippen molar-refractivity contribution in [2.75, 3.05) is 0 Å². The van der Waals surface area contributed by atoms with Crippen LogP contribution in [0.5, 0.6) is 0 Å². The van der Waals surface area contributed by atoms with Crippen LogP contribution >= 0.6 is 0 Å². The Balaban J connectivity index is 2.53. The molecule has 0 unspecified atom stereocenters. The Morgan fingerprint density at radius 1 is 1.20 bits per heavy atom. The Morgan fingerprint density at radius 3 is 2.87 bits per heavy atom. The highest BCUT2D eigenvalue weighted by molar-refractivity contribution is 5.90. The van der Waals surface area contributed by atoms with Crippen LogP contribution in [0, 0.1) is 0 Å². The van der Waals surface area contributed by atoms with E-state index < -0.39 is 5.97 Å². The molecule has 1 N–H and O–H groups in total. The zero-order chi connectivity index (χ0) is 10.7. The van der Waals surface area contributed by atoms with Crippen LogP contribution in [0.25, 0.3) is 6.08 Å². The van der Waals surface area contributed by atoms with Crippen LogP contribution in [-0.2, 0) is 0 Å². The SMILES string of the molecule is O=C(O)c1ccc2c(c1)\C=C/C=C\C=N/2. The fourth-order valence-electron chi connectivity index (χ4n) is 1.34. The van der Waals surface area contributed by atoms with E-state index in [9.17, 15) is 4.79 Å². The molecule has 0 saturated heterocycles. The number of rotatable bonds is 1. The molecule has 0 saturated carbocycles. The average Bonchev–Trinajstić information content (AvgIpc) is 2.18. The minimum Gasteiger partial charge on any atom is -0.478 e. The number of aromatic carboxylic acids is 1. The Hall–Kier alpha value is -2.16. The quantitative estimate of drug-likeness (QED) is 0.755. The van der Waals surface area contributed by atoms with Crippen LogP contribution in [0.1, 0.15) is 15.9 Å². The molecule has 1 aromatic rings. The number of benzene rings is 1. The van der Waals surface area contributed by atoms with Gasteiger partial charge in [-0.25, -0.2) is 4.79 Å². The zero-order valence-electron chi connectivity index (χ0n) is 7.92. The van der Waals surface area contributed by atoms with Crippen LogP contribution in [-0.4, -0.2) is 17.3 Å². The van der Waals surface area contributed by atoms with Gasteiger partial charge >= 0.3 is 5.97 Å². The molecule has 3 heteroatoms. The lowest BCUT2D eigenvalue weighted by Gasteiger charge is -2.03. The van der Waals surface area contributed by atoms with Gasteiger partial charge in [-0.2, -0.15) is 0 Å². The summed E-state index contributed by atoms with van der Waals surface area (Å²) in [5.41, 5.74) is 1.87. The molecule has 1 aliphatic rings. The standard InChI is InChI=1S/C12H9NO2/c14-12(15)10-5-6-11-9(8-10)4-2-1-3-7-13-11/h1-8H,(H,14,15)/b2-1?,3-1-,4-2-,7-3?,9-4?,13-7-,13-11?. The molecule has 0 spiro atoms. The second-order valence-corrected chi connectivity index (χ2v) is 3.10. The summed E-state index contributed by atoms with van der Waals surface area (Å²) in [6, 6.07) is 4.88. The fraction of sp³-hybridized carbons (Fsp3) is 0. The Morgan fingerprint density at radius 2 is 2.07 bits per heavy atom. The normalized spacial score (nSPS) is 19.5. The molecule has 0 aromatic heterocycles. The van der Waals surface area contributed by atoms with Gasteiger partial charge in [0, 0.05) is 11.8 Å². The topological polar surface area (TPSA) is 49.7 Å². The molecular weight excluding hydrogens is 190 g/mol. The zero-order valence-corrected chi connectivity index (χ0v) is 7.92. The lowest BCUT2D eigenvalue weighted by Crippen LogP contribution is -1.96. The van der Waals surface area contributed by atoms with Crippen LogP contribution < -0.4 is 0 Å². The first-order chi connectivity index (χ1) is 7.27. The molecule has 0 aliphatic carbocycles. The molecule has 1 aromatic carbocycles. The van der Waals surface area contributed by atoms with E-state index in [2.05, 4.69) is 4.99 Å². The molecule has 0 fully saturated rings. The van der Waals surface area contributed by atoms with Crippen molar-refractivity contribution in [2.24, 2.45) is 4.99 Å². The smallest absolute Gasteiger partial charge is 0.335 e. The third kappa shape index (κ3) is 2.02. The molecule has 1 aliphatic heterocycles. The van der Waals surface area contributed by atoms with Gasteiger partial charge in [-0.15, -0.1) is 0 Å². The third-order valence-electron chi connectivity index (χ3n) is 2.07. The first-order valence-corrected chi connectivity index (χ1v) is 4.52. The number of carboxylic acids is 1. The highest BCUT2D eigenvalue weighted by atomic mass is 16.4. The van der Waals surface area contributed by atoms with Gasteiger partial charge in [0.1, 0.15) is 0 Å². The molecule has 2 rings (SSSR count). The van der Waals surface area contributed by atoms with Crippen molar-refractivity contribution in [3.63, 3.8) is 0 Å². The minimum absolute atomic E-state index is 0.276. The molecular formula is C12H9NO2. The van der Waals surface area contributed by atoms with E-state index >= 15 is 0 Å². The number of hydrogen-bond donors (Lipinski definition) is 1. The molecule has 0 amide bonds. The van der Waals surface area contributed by atoms with Gasteiger partial charge in [0.2, 0.25) is 0 Å². The lowest BCUT2D eigenvalue weighted by molar-refractivity contribution is 0.0697. The monoisotopic (exact) mass is 199 g/mol. The first-order valence-electron chi connectivity index (χ1n) is 4.52. The highest BCUT2D eigenvalue weighted by Crippen LogP contribution is 2.22. The predicted molar refractivity (Wildman–Crippen MR) is 59.7 cm³/mol. The van der Waals surface area contributed by atoms with Crippen molar-refractivity contribution in [1.29, 1.82) is 0 Å². The maximum absolute atomic E-state index is 10.8. The van der Waals surface area contributed by atoms with Gasteiger partial charge in [-0.05, 0) is 24.3 Å². The van der Waals surface area contributed by atoms with Crippen LogP contribution in [0.4, 0.5) is 5.69 Å². The van der Waals surface area contributed by atoms with Crippen LogP contribution in [0.2, 0.25) is 0 Å². The lowest BCUT2D eigenvalue weighted by atomic mass is 10.1. The molecule has 0 radical (unpaired) electrons. The summed E-state index contributed by atoms with van der Waals surface area (Å²) in [7, 11) is 0. The number of aliphatic imine (C=N–C) groups is 1. The van der Waals surface area contributed by atoms with Gasteiger partial charge in [-0.3, -0.25) is 4.99 Å². The van der Waals surface area contributed by atoms with E-state index in [0.29, 0.717) is 0 Å². The Bertz CT molecular complexity index is 484. The van der Waals surface area contributed by atoms with Crippen LogP contribution in [0.15, 0.2) is 41.4 Å². The molecule has 1 heterocycles. The van der Waals surface area contributed by atoms with E-state index in [1.807, 2.05) is 24.3 Å². The van der Waals surface area contributed by atoms with Gasteiger partial charge in [0.25, 0.3) is 0 Å². The van der Waals surface area contributed by atoms with Crippen LogP contribution in [0.3, 0.4) is 0 Å². The van der Waals surface area contributed by atoms with Crippen molar-refractivity contribution in [3.05, 3.63) is 47.6 Å². The summed E-state index contributed by atoms with van der Waals surface area (Å²) in [6.07, 6.45) is 9.05. The summed E-state index contributed by atoms with van der Waals surface area (Å²) in [5, 5.41) is 8.84. The summed E-state index contributed by atoms with van der Waals surface area (Å²) >= 11 is 0. The van der Waals surface area contributed by atoms with Gasteiger partial charge in [0.05, 0.1) is 11.3 Å². The number of hydrogen-bond acceptors (Lipinski definition) is 2. The van der Waals surface area contributed by atoms with Crippen molar-refractivity contribution in [2.45, 2.75) is 0 Å². The maximum Gasteiger partial charge on any atom is 0.335 e. The molecule has 0 atom stereocenters. The Labute approximate surface area is 87.1 Å². The van der Waals surface area contributed by atoms with Crippen molar-refractivity contribution in [1.82, 2.24) is 0 Å². The second kappa shape index (κ2) is 3.92. The van der Waals surface area contributed by atoms with Crippen molar-refractivity contribution in [3.8, 4) is 0 Å². The minimum atomic E-state index is -0.923. The summed E-state index contributed by atoms with van der Waals surface area (Å²) in [6.45, 7) is 0. The van der Waals surface area contributed by atoms with Gasteiger partial charge in [-0.1, -0.05) is 18.2 Å². The van der Waals surface area contributed by atoms with Crippen molar-refractivity contribution < 1.29 is 9.90 Å². The molecule has 15 heavy (non-hydrogen) atoms. The van der Waals surface area contributed by atoms with E-state index in [0.717, 1.165) is 11.3 Å². The number of carboxylic acid groups (broad SMARTS) is 1. The number of nitrogens with zero attached hydrogens (tertiary/aromatic N) is 1. The van der Waals surface area contributed by atoms with Gasteiger partial charge < -0.3 is 5.11 Å². The largest absolute Gasteiger partial charge is 0.478 e. The molecule has 0 bridgehead atoms.